The molecule has 162 valence electrons. The molecule has 0 aromatic carbocycles. The van der Waals surface area contributed by atoms with E-state index in [2.05, 4.69) is 42.9 Å². The molecular weight excluding hydrogens is 400 g/mol. The van der Waals surface area contributed by atoms with Crippen LogP contribution < -0.4 is 20.7 Å². The fourth-order valence-electron chi connectivity index (χ4n) is 2.91. The standard InChI is InChI=1S/C20H24N8O3/c1-12-6-5-7-22-9-13(8-12)25-18-16(27-15(31-4)11-23-18)19(29)26-14-10-24-28(3)17(14)20(30)21-2/h5,7-12H,6H2,1-4H3,(H,21,30)(H,23,25)(H,26,29)/b7-5+,13-8+,22-9-. The van der Waals surface area contributed by atoms with Gasteiger partial charge in [0.15, 0.2) is 11.5 Å². The fraction of sp³-hybridized carbons (Fsp3) is 0.300. The first-order valence-electron chi connectivity index (χ1n) is 9.56. The minimum absolute atomic E-state index is 0.00869. The minimum Gasteiger partial charge on any atom is -0.480 e. The highest BCUT2D eigenvalue weighted by atomic mass is 16.5. The Bertz CT molecular complexity index is 1070. The van der Waals surface area contributed by atoms with Crippen LogP contribution >= 0.6 is 0 Å². The second-order valence-corrected chi connectivity index (χ2v) is 6.80. The topological polar surface area (TPSA) is 135 Å². The van der Waals surface area contributed by atoms with E-state index in [1.54, 1.807) is 19.5 Å². The summed E-state index contributed by atoms with van der Waals surface area (Å²) in [5, 5.41) is 12.3. The summed E-state index contributed by atoms with van der Waals surface area (Å²) in [6.45, 7) is 2.07. The summed E-state index contributed by atoms with van der Waals surface area (Å²) >= 11 is 0. The molecule has 2 aromatic rings. The van der Waals surface area contributed by atoms with E-state index in [-0.39, 0.29) is 40.6 Å². The second-order valence-electron chi connectivity index (χ2n) is 6.80. The predicted octanol–water partition coefficient (Wildman–Crippen LogP) is 1.75. The lowest BCUT2D eigenvalue weighted by Gasteiger charge is -2.14. The van der Waals surface area contributed by atoms with Crippen molar-refractivity contribution in [3.8, 4) is 5.88 Å². The molecule has 0 saturated heterocycles. The number of nitrogens with zero attached hydrogens (tertiary/aromatic N) is 5. The summed E-state index contributed by atoms with van der Waals surface area (Å²) < 4.78 is 6.50. The molecule has 31 heavy (non-hydrogen) atoms. The number of aromatic nitrogens is 4. The van der Waals surface area contributed by atoms with E-state index in [0.717, 1.165) is 6.42 Å². The SMILES string of the molecule is CNC(=O)c1c(NC(=O)c2nc(OC)cnc2NC2=C/C(C)C/C=C/N=C\2)cnn1C. The molecule has 1 aliphatic heterocycles. The fourth-order valence-corrected chi connectivity index (χ4v) is 2.91. The van der Waals surface area contributed by atoms with Crippen molar-refractivity contribution in [2.45, 2.75) is 13.3 Å². The maximum Gasteiger partial charge on any atom is 0.278 e. The highest BCUT2D eigenvalue weighted by Gasteiger charge is 2.22. The third-order valence-electron chi connectivity index (χ3n) is 4.44. The normalized spacial score (nSPS) is 19.2. The minimum atomic E-state index is -0.580. The number of aliphatic imine (C=N–C) groups is 1. The first kappa shape index (κ1) is 21.7. The van der Waals surface area contributed by atoms with Crippen molar-refractivity contribution in [2.24, 2.45) is 18.0 Å². The number of carbonyl (C=O) groups is 2. The van der Waals surface area contributed by atoms with Crippen LogP contribution in [0.4, 0.5) is 11.5 Å². The van der Waals surface area contributed by atoms with Crippen LogP contribution in [0, 0.1) is 5.92 Å². The van der Waals surface area contributed by atoms with E-state index >= 15 is 0 Å². The lowest BCUT2D eigenvalue weighted by atomic mass is 10.1. The van der Waals surface area contributed by atoms with E-state index in [4.69, 9.17) is 4.74 Å². The Morgan fingerprint density at radius 2 is 2.06 bits per heavy atom. The van der Waals surface area contributed by atoms with Gasteiger partial charge in [0.25, 0.3) is 11.8 Å². The van der Waals surface area contributed by atoms with Gasteiger partial charge >= 0.3 is 0 Å². The number of nitrogens with one attached hydrogen (secondary N) is 3. The van der Waals surface area contributed by atoms with Crippen LogP contribution in [0.3, 0.4) is 0 Å². The molecule has 3 rings (SSSR count). The van der Waals surface area contributed by atoms with E-state index in [1.165, 1.54) is 31.2 Å². The molecule has 2 amide bonds. The molecule has 0 aliphatic carbocycles. The predicted molar refractivity (Wildman–Crippen MR) is 116 cm³/mol. The zero-order valence-corrected chi connectivity index (χ0v) is 17.7. The van der Waals surface area contributed by atoms with Crippen molar-refractivity contribution >= 4 is 29.5 Å². The first-order valence-corrected chi connectivity index (χ1v) is 9.56. The maximum atomic E-state index is 13.1. The molecule has 1 unspecified atom stereocenters. The molecule has 1 aliphatic rings. The van der Waals surface area contributed by atoms with Gasteiger partial charge in [0.1, 0.15) is 5.69 Å². The summed E-state index contributed by atoms with van der Waals surface area (Å²) in [6.07, 6.45) is 11.0. The van der Waals surface area contributed by atoms with Gasteiger partial charge < -0.3 is 20.7 Å². The molecule has 0 fully saturated rings. The van der Waals surface area contributed by atoms with E-state index in [9.17, 15) is 9.59 Å². The van der Waals surface area contributed by atoms with Gasteiger partial charge in [0.05, 0.1) is 30.9 Å². The number of hydrogen-bond acceptors (Lipinski definition) is 8. The molecule has 0 radical (unpaired) electrons. The van der Waals surface area contributed by atoms with E-state index < -0.39 is 5.91 Å². The van der Waals surface area contributed by atoms with Crippen molar-refractivity contribution in [1.82, 2.24) is 25.1 Å². The molecule has 0 saturated carbocycles. The number of amides is 2. The molecule has 3 N–H and O–H groups in total. The average molecular weight is 424 g/mol. The summed E-state index contributed by atoms with van der Waals surface area (Å²) in [7, 11) is 4.53. The number of allylic oxidation sites excluding steroid dienone is 3. The molecule has 11 nitrogen and oxygen atoms in total. The monoisotopic (exact) mass is 424 g/mol. The van der Waals surface area contributed by atoms with Crippen molar-refractivity contribution in [3.05, 3.63) is 47.8 Å². The number of methoxy groups -OCH3 is 1. The van der Waals surface area contributed by atoms with Gasteiger partial charge in [-0.3, -0.25) is 19.3 Å². The number of rotatable bonds is 6. The zero-order valence-electron chi connectivity index (χ0n) is 17.7. The Hall–Kier alpha value is -4.02. The molecule has 1 atom stereocenters. The Kier molecular flexibility index (Phi) is 6.75. The number of aryl methyl sites for hydroxylation is 1. The van der Waals surface area contributed by atoms with Crippen LogP contribution in [0.1, 0.15) is 34.3 Å². The van der Waals surface area contributed by atoms with Gasteiger partial charge in [-0.25, -0.2) is 9.97 Å². The van der Waals surface area contributed by atoms with Crippen molar-refractivity contribution in [1.29, 1.82) is 0 Å². The number of anilines is 2. The van der Waals surface area contributed by atoms with Crippen LogP contribution in [0.5, 0.6) is 5.88 Å². The summed E-state index contributed by atoms with van der Waals surface area (Å²) in [5.41, 5.74) is 1.12. The van der Waals surface area contributed by atoms with Crippen molar-refractivity contribution < 1.29 is 14.3 Å². The molecule has 0 spiro atoms. The largest absolute Gasteiger partial charge is 0.480 e. The molecule has 11 heteroatoms. The lowest BCUT2D eigenvalue weighted by molar-refractivity contribution is 0.0954. The quantitative estimate of drug-likeness (QED) is 0.643. The third kappa shape index (κ3) is 5.13. The molecule has 0 bridgehead atoms. The lowest BCUT2D eigenvalue weighted by Crippen LogP contribution is -2.24. The van der Waals surface area contributed by atoms with Crippen LogP contribution in [0.25, 0.3) is 0 Å². The van der Waals surface area contributed by atoms with E-state index in [0.29, 0.717) is 5.70 Å². The highest BCUT2D eigenvalue weighted by molar-refractivity contribution is 6.09. The Balaban J connectivity index is 1.93. The van der Waals surface area contributed by atoms with Gasteiger partial charge in [-0.2, -0.15) is 5.10 Å². The summed E-state index contributed by atoms with van der Waals surface area (Å²) in [6, 6.07) is 0. The van der Waals surface area contributed by atoms with Crippen molar-refractivity contribution in [3.63, 3.8) is 0 Å². The third-order valence-corrected chi connectivity index (χ3v) is 4.44. The number of carbonyl (C=O) groups excluding carboxylic acids is 2. The van der Waals surface area contributed by atoms with Gasteiger partial charge in [-0.05, 0) is 12.3 Å². The van der Waals surface area contributed by atoms with Gasteiger partial charge in [-0.1, -0.05) is 19.1 Å². The number of hydrogen-bond donors (Lipinski definition) is 3. The summed E-state index contributed by atoms with van der Waals surface area (Å²) in [4.78, 5) is 37.9. The highest BCUT2D eigenvalue weighted by Crippen LogP contribution is 2.21. The van der Waals surface area contributed by atoms with Crippen LogP contribution in [0.15, 0.2) is 41.4 Å². The second kappa shape index (κ2) is 9.65. The zero-order chi connectivity index (χ0) is 22.4. The van der Waals surface area contributed by atoms with Gasteiger partial charge in [-0.15, -0.1) is 0 Å². The maximum absolute atomic E-state index is 13.1. The Labute approximate surface area is 179 Å². The summed E-state index contributed by atoms with van der Waals surface area (Å²) in [5.74, 6) is -0.311. The van der Waals surface area contributed by atoms with Crippen LogP contribution in [0.2, 0.25) is 0 Å². The Morgan fingerprint density at radius 1 is 1.26 bits per heavy atom. The van der Waals surface area contributed by atoms with E-state index in [1.807, 2.05) is 12.2 Å². The van der Waals surface area contributed by atoms with Gasteiger partial charge in [0, 0.05) is 26.5 Å². The Morgan fingerprint density at radius 3 is 2.81 bits per heavy atom. The van der Waals surface area contributed by atoms with Gasteiger partial charge in [0.2, 0.25) is 5.88 Å². The molecular formula is C20H24N8O3. The first-order chi connectivity index (χ1) is 14.9. The molecule has 2 aromatic heterocycles. The van der Waals surface area contributed by atoms with Crippen LogP contribution in [-0.4, -0.2) is 51.9 Å². The average Bonchev–Trinajstić information content (AvgIpc) is 3.11. The van der Waals surface area contributed by atoms with Crippen molar-refractivity contribution in [2.75, 3.05) is 24.8 Å². The smallest absolute Gasteiger partial charge is 0.278 e. The molecule has 3 heterocycles. The number of ether oxygens (including phenoxy) is 1. The van der Waals surface area contributed by atoms with Crippen LogP contribution in [-0.2, 0) is 7.05 Å².